The van der Waals surface area contributed by atoms with Crippen LogP contribution < -0.4 is 15.8 Å². The van der Waals surface area contributed by atoms with E-state index in [1.54, 1.807) is 23.7 Å². The van der Waals surface area contributed by atoms with Crippen LogP contribution in [0.3, 0.4) is 0 Å². The maximum absolute atomic E-state index is 11.7. The summed E-state index contributed by atoms with van der Waals surface area (Å²) < 4.78 is 1.38. The second-order valence-corrected chi connectivity index (χ2v) is 3.83. The summed E-state index contributed by atoms with van der Waals surface area (Å²) in [5.74, 6) is 5.42. The Morgan fingerprint density at radius 1 is 1.33 bits per heavy atom. The van der Waals surface area contributed by atoms with Crippen LogP contribution in [0.2, 0.25) is 0 Å². The van der Waals surface area contributed by atoms with Gasteiger partial charge in [-0.2, -0.15) is 5.32 Å². The van der Waals surface area contributed by atoms with E-state index in [1.165, 1.54) is 16.0 Å². The molecule has 0 bridgehead atoms. The van der Waals surface area contributed by atoms with Gasteiger partial charge in [0.2, 0.25) is 0 Å². The van der Waals surface area contributed by atoms with Crippen LogP contribution in [0.1, 0.15) is 10.4 Å². The highest BCUT2D eigenvalue weighted by molar-refractivity contribution is 7.13. The van der Waals surface area contributed by atoms with Crippen LogP contribution in [0.5, 0.6) is 0 Å². The fourth-order valence-corrected chi connectivity index (χ4v) is 1.80. The molecule has 0 atom stereocenters. The zero-order valence-electron chi connectivity index (χ0n) is 7.88. The molecule has 0 spiro atoms. The Hall–Kier alpha value is -1.88. The number of rotatable bonds is 2. The average Bonchev–Trinajstić information content (AvgIpc) is 2.66. The van der Waals surface area contributed by atoms with Crippen LogP contribution in [0, 0.1) is 0 Å². The topological polar surface area (TPSA) is 59.0 Å². The third-order valence-corrected chi connectivity index (χ3v) is 2.69. The van der Waals surface area contributed by atoms with E-state index in [9.17, 15) is 4.79 Å². The van der Waals surface area contributed by atoms with Crippen LogP contribution in [-0.2, 0) is 0 Å². The van der Waals surface area contributed by atoms with Crippen molar-refractivity contribution in [2.45, 2.75) is 0 Å². The maximum Gasteiger partial charge on any atom is 0.364 e. The first-order valence-corrected chi connectivity index (χ1v) is 5.26. The van der Waals surface area contributed by atoms with Gasteiger partial charge in [0.1, 0.15) is 6.20 Å². The summed E-state index contributed by atoms with van der Waals surface area (Å²) in [5.41, 5.74) is 0.617. The number of thiazole rings is 1. The van der Waals surface area contributed by atoms with E-state index >= 15 is 0 Å². The zero-order valence-corrected chi connectivity index (χ0v) is 8.70. The highest BCUT2D eigenvalue weighted by atomic mass is 32.1. The molecule has 3 N–H and O–H groups in total. The number of nitrogen functional groups attached to an aromatic ring is 1. The van der Waals surface area contributed by atoms with Gasteiger partial charge < -0.3 is 0 Å². The van der Waals surface area contributed by atoms with Crippen molar-refractivity contribution in [3.63, 3.8) is 0 Å². The minimum absolute atomic E-state index is 0.155. The Balaban J connectivity index is 2.15. The third kappa shape index (κ3) is 2.13. The summed E-state index contributed by atoms with van der Waals surface area (Å²) >= 11 is 1.38. The van der Waals surface area contributed by atoms with Gasteiger partial charge in [-0.25, -0.2) is 4.79 Å². The van der Waals surface area contributed by atoms with E-state index in [1.807, 2.05) is 18.2 Å². The van der Waals surface area contributed by atoms with Gasteiger partial charge in [-0.15, -0.1) is 4.68 Å². The molecule has 1 heterocycles. The number of nitrogens with zero attached hydrogens (tertiary/aromatic N) is 1. The summed E-state index contributed by atoms with van der Waals surface area (Å²) in [6, 6.07) is 9.01. The minimum atomic E-state index is -0.155. The summed E-state index contributed by atoms with van der Waals surface area (Å²) in [5, 5.41) is 5.14. The van der Waals surface area contributed by atoms with Gasteiger partial charge in [-0.1, -0.05) is 29.5 Å². The molecule has 1 aromatic carbocycles. The van der Waals surface area contributed by atoms with Gasteiger partial charge in [0, 0.05) is 5.38 Å². The first-order chi connectivity index (χ1) is 7.27. The molecule has 0 radical (unpaired) electrons. The predicted octanol–water partition coefficient (Wildman–Crippen LogP) is 1.00. The minimum Gasteiger partial charge on any atom is -0.268 e. The van der Waals surface area contributed by atoms with Crippen molar-refractivity contribution in [1.82, 2.24) is 0 Å². The molecule has 1 aromatic heterocycles. The van der Waals surface area contributed by atoms with Crippen molar-refractivity contribution in [3.05, 3.63) is 47.5 Å². The molecule has 0 aliphatic rings. The lowest BCUT2D eigenvalue weighted by Gasteiger charge is -1.96. The van der Waals surface area contributed by atoms with Gasteiger partial charge in [-0.3, -0.25) is 5.84 Å². The molecule has 0 unspecified atom stereocenters. The van der Waals surface area contributed by atoms with E-state index in [0.717, 1.165) is 0 Å². The molecule has 1 amide bonds. The van der Waals surface area contributed by atoms with E-state index in [-0.39, 0.29) is 5.91 Å². The van der Waals surface area contributed by atoms with Gasteiger partial charge in [-0.05, 0) is 12.1 Å². The summed E-state index contributed by atoms with van der Waals surface area (Å²) in [6.07, 6.45) is 1.69. The Labute approximate surface area is 90.9 Å². The molecule has 5 heteroatoms. The number of anilines is 1. The zero-order chi connectivity index (χ0) is 10.7. The smallest absolute Gasteiger partial charge is 0.268 e. The third-order valence-electron chi connectivity index (χ3n) is 1.89. The normalized spacial score (nSPS) is 9.87. The number of carbonyl (C=O) groups is 1. The number of nitrogens with one attached hydrogen (secondary N) is 1. The van der Waals surface area contributed by atoms with Gasteiger partial charge in [0.05, 0.1) is 5.56 Å². The quantitative estimate of drug-likeness (QED) is 0.586. The second kappa shape index (κ2) is 4.10. The number of carbonyl (C=O) groups excluding carboxylic acids is 1. The molecule has 2 aromatic rings. The monoisotopic (exact) mass is 220 g/mol. The van der Waals surface area contributed by atoms with E-state index in [0.29, 0.717) is 10.7 Å². The fourth-order valence-electron chi connectivity index (χ4n) is 1.14. The molecule has 0 saturated heterocycles. The van der Waals surface area contributed by atoms with Gasteiger partial charge in [0.15, 0.2) is 0 Å². The van der Waals surface area contributed by atoms with Crippen LogP contribution in [0.4, 0.5) is 5.13 Å². The Morgan fingerprint density at radius 3 is 2.67 bits per heavy atom. The Kier molecular flexibility index (Phi) is 2.64. The molecule has 0 saturated carbocycles. The number of amides is 1. The van der Waals surface area contributed by atoms with E-state index in [4.69, 9.17) is 5.84 Å². The predicted molar refractivity (Wildman–Crippen MR) is 59.1 cm³/mol. The van der Waals surface area contributed by atoms with Crippen molar-refractivity contribution in [3.8, 4) is 0 Å². The molecule has 2 rings (SSSR count). The molecule has 0 aliphatic heterocycles. The molecule has 4 nitrogen and oxygen atoms in total. The van der Waals surface area contributed by atoms with Crippen molar-refractivity contribution in [1.29, 1.82) is 0 Å². The Bertz CT molecular complexity index is 467. The van der Waals surface area contributed by atoms with Crippen molar-refractivity contribution in [2.75, 3.05) is 11.2 Å². The lowest BCUT2D eigenvalue weighted by atomic mass is 10.2. The molecular formula is C10H10N3OS+. The number of nitrogens with two attached hydrogens (primary N) is 1. The second-order valence-electron chi connectivity index (χ2n) is 2.94. The molecule has 0 fully saturated rings. The lowest BCUT2D eigenvalue weighted by molar-refractivity contribution is -0.619. The fraction of sp³-hybridized carbons (Fsp3) is 0. The SMILES string of the molecule is N[n+]1ccsc1NC(=O)c1ccccc1. The van der Waals surface area contributed by atoms with Crippen molar-refractivity contribution >= 4 is 22.4 Å². The van der Waals surface area contributed by atoms with E-state index < -0.39 is 0 Å². The molecule has 15 heavy (non-hydrogen) atoms. The van der Waals surface area contributed by atoms with Gasteiger partial charge in [0.25, 0.3) is 0 Å². The highest BCUT2D eigenvalue weighted by Crippen LogP contribution is 2.09. The number of hydrogen-bond donors (Lipinski definition) is 2. The number of hydrogen-bond acceptors (Lipinski definition) is 3. The van der Waals surface area contributed by atoms with Crippen LogP contribution in [0.25, 0.3) is 0 Å². The lowest BCUT2D eigenvalue weighted by Crippen LogP contribution is -2.44. The molecular weight excluding hydrogens is 210 g/mol. The van der Waals surface area contributed by atoms with Crippen LogP contribution >= 0.6 is 11.3 Å². The molecule has 0 aliphatic carbocycles. The summed E-state index contributed by atoms with van der Waals surface area (Å²) in [6.45, 7) is 0. The number of benzene rings is 1. The van der Waals surface area contributed by atoms with Gasteiger partial charge >= 0.3 is 11.0 Å². The van der Waals surface area contributed by atoms with Crippen molar-refractivity contribution < 1.29 is 9.47 Å². The molecule has 76 valence electrons. The highest BCUT2D eigenvalue weighted by Gasteiger charge is 2.15. The summed E-state index contributed by atoms with van der Waals surface area (Å²) in [4.78, 5) is 11.7. The van der Waals surface area contributed by atoms with Crippen LogP contribution in [-0.4, -0.2) is 5.91 Å². The van der Waals surface area contributed by atoms with E-state index in [2.05, 4.69) is 5.32 Å². The summed E-state index contributed by atoms with van der Waals surface area (Å²) in [7, 11) is 0. The Morgan fingerprint density at radius 2 is 2.07 bits per heavy atom. The maximum atomic E-state index is 11.7. The number of aromatic nitrogens is 1. The van der Waals surface area contributed by atoms with Crippen LogP contribution in [0.15, 0.2) is 41.9 Å². The largest absolute Gasteiger partial charge is 0.364 e. The first-order valence-electron chi connectivity index (χ1n) is 4.38. The van der Waals surface area contributed by atoms with Crippen molar-refractivity contribution in [2.24, 2.45) is 0 Å². The standard InChI is InChI=1S/C10H9N3OS/c11-13-6-7-15-10(13)12-9(14)8-4-2-1-3-5-8/h1-7H,11H2/p+1. The average molecular weight is 220 g/mol. The first kappa shape index (κ1) is 9.67.